The molecular weight excluding hydrogens is 371 g/mol. The molecule has 1 aliphatic heterocycles. The van der Waals surface area contributed by atoms with E-state index in [1.54, 1.807) is 29.2 Å². The molecule has 0 bridgehead atoms. The molecular formula is C21H28F3NO3. The van der Waals surface area contributed by atoms with E-state index in [-0.39, 0.29) is 11.3 Å². The zero-order valence-electron chi connectivity index (χ0n) is 16.2. The number of hydrogen-bond donors (Lipinski definition) is 1. The average molecular weight is 399 g/mol. The van der Waals surface area contributed by atoms with Gasteiger partial charge in [0.1, 0.15) is 5.75 Å². The van der Waals surface area contributed by atoms with Gasteiger partial charge in [0, 0.05) is 12.2 Å². The van der Waals surface area contributed by atoms with Gasteiger partial charge in [-0.05, 0) is 62.8 Å². The molecule has 1 aromatic carbocycles. The number of anilines is 1. The van der Waals surface area contributed by atoms with E-state index in [2.05, 4.69) is 6.92 Å². The number of halogens is 3. The summed E-state index contributed by atoms with van der Waals surface area (Å²) in [6, 6.07) is 6.64. The number of hydrogen-bond acceptors (Lipinski definition) is 3. The number of carbonyl (C=O) groups is 1. The second-order valence-electron chi connectivity index (χ2n) is 8.17. The quantitative estimate of drug-likeness (QED) is 0.744. The van der Waals surface area contributed by atoms with Crippen LogP contribution in [0.25, 0.3) is 0 Å². The Morgan fingerprint density at radius 2 is 1.75 bits per heavy atom. The van der Waals surface area contributed by atoms with E-state index in [0.717, 1.165) is 24.9 Å². The smallest absolute Gasteiger partial charge is 0.392 e. The number of nitrogens with zero attached hydrogens (tertiary/aromatic N) is 1. The molecule has 0 radical (unpaired) electrons. The molecule has 2 aliphatic rings. The number of aliphatic hydroxyl groups is 1. The summed E-state index contributed by atoms with van der Waals surface area (Å²) in [6.07, 6.45) is -0.0187. The second kappa shape index (κ2) is 7.93. The van der Waals surface area contributed by atoms with E-state index in [4.69, 9.17) is 4.74 Å². The molecule has 1 amide bonds. The Labute approximate surface area is 163 Å². The molecule has 7 heteroatoms. The Hall–Kier alpha value is -1.76. The topological polar surface area (TPSA) is 49.8 Å². The molecule has 0 atom stereocenters. The monoisotopic (exact) mass is 399 g/mol. The Kier molecular flexibility index (Phi) is 5.94. The first-order valence-electron chi connectivity index (χ1n) is 10.0. The fourth-order valence-corrected chi connectivity index (χ4v) is 4.45. The van der Waals surface area contributed by atoms with E-state index < -0.39 is 24.8 Å². The van der Waals surface area contributed by atoms with Crippen LogP contribution in [0.15, 0.2) is 24.3 Å². The van der Waals surface area contributed by atoms with Crippen LogP contribution in [0.5, 0.6) is 5.75 Å². The fourth-order valence-electron chi connectivity index (χ4n) is 4.45. The number of benzene rings is 1. The molecule has 28 heavy (non-hydrogen) atoms. The molecule has 4 nitrogen and oxygen atoms in total. The first kappa shape index (κ1) is 21.0. The van der Waals surface area contributed by atoms with Gasteiger partial charge in [-0.2, -0.15) is 13.2 Å². The first-order valence-corrected chi connectivity index (χ1v) is 10.0. The minimum Gasteiger partial charge on any atom is -0.493 e. The first-order chi connectivity index (χ1) is 13.2. The van der Waals surface area contributed by atoms with Gasteiger partial charge in [0.05, 0.1) is 24.0 Å². The molecule has 156 valence electrons. The normalized spacial score (nSPS) is 28.2. The third-order valence-electron chi connectivity index (χ3n) is 6.17. The van der Waals surface area contributed by atoms with Crippen molar-refractivity contribution in [3.8, 4) is 5.75 Å². The second-order valence-corrected chi connectivity index (χ2v) is 8.17. The van der Waals surface area contributed by atoms with Gasteiger partial charge in [0.25, 0.3) is 0 Å². The van der Waals surface area contributed by atoms with Crippen LogP contribution in [0.2, 0.25) is 0 Å². The zero-order valence-corrected chi connectivity index (χ0v) is 16.2. The molecule has 3 rings (SSSR count). The number of ether oxygens (including phenoxy) is 1. The number of carbonyl (C=O) groups excluding carboxylic acids is 1. The lowest BCUT2D eigenvalue weighted by molar-refractivity contribution is -0.139. The molecule has 1 spiro atoms. The van der Waals surface area contributed by atoms with Gasteiger partial charge in [-0.25, -0.2) is 0 Å². The summed E-state index contributed by atoms with van der Waals surface area (Å²) in [6.45, 7) is 2.26. The molecule has 1 aliphatic carbocycles. The van der Waals surface area contributed by atoms with Crippen molar-refractivity contribution in [1.82, 2.24) is 0 Å². The van der Waals surface area contributed by atoms with Crippen LogP contribution in [0.1, 0.15) is 58.3 Å². The lowest BCUT2D eigenvalue weighted by Crippen LogP contribution is -2.43. The fraction of sp³-hybridized carbons (Fsp3) is 0.667. The minimum absolute atomic E-state index is 0.0942. The minimum atomic E-state index is -4.24. The largest absolute Gasteiger partial charge is 0.493 e. The number of alkyl halides is 3. The van der Waals surface area contributed by atoms with E-state index in [1.165, 1.54) is 0 Å². The van der Waals surface area contributed by atoms with Crippen LogP contribution in [-0.4, -0.2) is 35.9 Å². The van der Waals surface area contributed by atoms with Gasteiger partial charge in [-0.1, -0.05) is 13.3 Å². The summed E-state index contributed by atoms with van der Waals surface area (Å²) in [5, 5.41) is 10.6. The lowest BCUT2D eigenvalue weighted by Gasteiger charge is -2.41. The molecule has 1 saturated carbocycles. The predicted molar refractivity (Wildman–Crippen MR) is 100 cm³/mol. The van der Waals surface area contributed by atoms with Crippen molar-refractivity contribution in [3.63, 3.8) is 0 Å². The van der Waals surface area contributed by atoms with Gasteiger partial charge in [0.2, 0.25) is 5.91 Å². The van der Waals surface area contributed by atoms with E-state index in [9.17, 15) is 23.1 Å². The van der Waals surface area contributed by atoms with E-state index in [1.807, 2.05) is 0 Å². The molecule has 1 N–H and O–H groups in total. The average Bonchev–Trinajstić information content (AvgIpc) is 2.95. The van der Waals surface area contributed by atoms with Crippen molar-refractivity contribution in [2.45, 2.75) is 70.1 Å². The number of amides is 1. The Balaban J connectivity index is 1.59. The van der Waals surface area contributed by atoms with Gasteiger partial charge in [0.15, 0.2) is 0 Å². The SMILES string of the molecule is CCC[C@]1(O)CC[C@@]2(CCN(c3ccc(OCCC(F)(F)F)cc3)C2=O)CC1. The van der Waals surface area contributed by atoms with Gasteiger partial charge >= 0.3 is 6.18 Å². The summed E-state index contributed by atoms with van der Waals surface area (Å²) in [5.74, 6) is 0.452. The van der Waals surface area contributed by atoms with E-state index in [0.29, 0.717) is 38.0 Å². The molecule has 0 unspecified atom stereocenters. The van der Waals surface area contributed by atoms with Crippen molar-refractivity contribution < 1.29 is 27.8 Å². The van der Waals surface area contributed by atoms with Crippen molar-refractivity contribution in [2.24, 2.45) is 5.41 Å². The summed E-state index contributed by atoms with van der Waals surface area (Å²) in [5.41, 5.74) is -0.287. The van der Waals surface area contributed by atoms with Gasteiger partial charge in [-0.15, -0.1) is 0 Å². The van der Waals surface area contributed by atoms with Crippen molar-refractivity contribution in [3.05, 3.63) is 24.3 Å². The van der Waals surface area contributed by atoms with Crippen molar-refractivity contribution in [2.75, 3.05) is 18.1 Å². The maximum absolute atomic E-state index is 13.1. The highest BCUT2D eigenvalue weighted by molar-refractivity contribution is 6.00. The van der Waals surface area contributed by atoms with Gasteiger partial charge < -0.3 is 14.7 Å². The number of rotatable bonds is 6. The summed E-state index contributed by atoms with van der Waals surface area (Å²) in [7, 11) is 0. The van der Waals surface area contributed by atoms with Crippen molar-refractivity contribution in [1.29, 1.82) is 0 Å². The van der Waals surface area contributed by atoms with Gasteiger partial charge in [-0.3, -0.25) is 4.79 Å². The maximum atomic E-state index is 13.1. The van der Waals surface area contributed by atoms with Crippen LogP contribution in [0.3, 0.4) is 0 Å². The summed E-state index contributed by atoms with van der Waals surface area (Å²) >= 11 is 0. The summed E-state index contributed by atoms with van der Waals surface area (Å²) in [4.78, 5) is 14.9. The maximum Gasteiger partial charge on any atom is 0.392 e. The van der Waals surface area contributed by atoms with Crippen LogP contribution < -0.4 is 9.64 Å². The molecule has 2 fully saturated rings. The van der Waals surface area contributed by atoms with Crippen LogP contribution in [0, 0.1) is 5.41 Å². The molecule has 0 aromatic heterocycles. The predicted octanol–water partition coefficient (Wildman–Crippen LogP) is 4.85. The lowest BCUT2D eigenvalue weighted by atomic mass is 9.67. The zero-order chi connectivity index (χ0) is 20.4. The van der Waals surface area contributed by atoms with E-state index >= 15 is 0 Å². The van der Waals surface area contributed by atoms with Crippen molar-refractivity contribution >= 4 is 11.6 Å². The standard InChI is InChI=1S/C21H28F3NO3/c1-2-7-20(27)10-8-19(9-11-20)12-14-25(18(19)26)16-3-5-17(6-4-16)28-15-13-21(22,23)24/h3-6,27H,2,7-15H2,1H3/t19-,20-. The van der Waals surface area contributed by atoms with Crippen LogP contribution >= 0.6 is 0 Å². The summed E-state index contributed by atoms with van der Waals surface area (Å²) < 4.78 is 41.7. The van der Waals surface area contributed by atoms with Crippen LogP contribution in [0.4, 0.5) is 18.9 Å². The Morgan fingerprint density at radius 1 is 1.11 bits per heavy atom. The highest BCUT2D eigenvalue weighted by atomic mass is 19.4. The molecule has 1 heterocycles. The highest BCUT2D eigenvalue weighted by Crippen LogP contribution is 2.49. The highest BCUT2D eigenvalue weighted by Gasteiger charge is 2.51. The molecule has 1 aromatic rings. The Bertz CT molecular complexity index is 679. The molecule has 1 saturated heterocycles. The van der Waals surface area contributed by atoms with Crippen LogP contribution in [-0.2, 0) is 4.79 Å². The third-order valence-corrected chi connectivity index (χ3v) is 6.17. The third kappa shape index (κ3) is 4.62. The Morgan fingerprint density at radius 3 is 2.32 bits per heavy atom.